The van der Waals surface area contributed by atoms with Crippen molar-refractivity contribution in [2.24, 2.45) is 0 Å². The molecule has 4 nitrogen and oxygen atoms in total. The predicted molar refractivity (Wildman–Crippen MR) is 74.6 cm³/mol. The summed E-state index contributed by atoms with van der Waals surface area (Å²) in [6.45, 7) is 3.01. The SMILES string of the molecule is CC(=O)c1cc(N)ccc1OCCCC1CCCO1. The van der Waals surface area contributed by atoms with E-state index in [4.69, 9.17) is 15.2 Å². The van der Waals surface area contributed by atoms with Crippen molar-refractivity contribution in [3.63, 3.8) is 0 Å². The van der Waals surface area contributed by atoms with E-state index in [-0.39, 0.29) is 5.78 Å². The van der Waals surface area contributed by atoms with E-state index in [0.29, 0.717) is 29.7 Å². The lowest BCUT2D eigenvalue weighted by atomic mass is 10.1. The lowest BCUT2D eigenvalue weighted by Crippen LogP contribution is -2.09. The molecule has 1 aliphatic rings. The largest absolute Gasteiger partial charge is 0.493 e. The van der Waals surface area contributed by atoms with Gasteiger partial charge in [-0.3, -0.25) is 4.79 Å². The number of nitrogen functional groups attached to an aromatic ring is 1. The molecule has 2 N–H and O–H groups in total. The summed E-state index contributed by atoms with van der Waals surface area (Å²) in [4.78, 5) is 11.5. The second-order valence-corrected chi connectivity index (χ2v) is 4.94. The minimum atomic E-state index is -0.0265. The molecule has 1 aliphatic heterocycles. The molecule has 0 amide bonds. The van der Waals surface area contributed by atoms with Crippen LogP contribution in [-0.4, -0.2) is 25.1 Å². The van der Waals surface area contributed by atoms with Crippen molar-refractivity contribution in [3.05, 3.63) is 23.8 Å². The fourth-order valence-electron chi connectivity index (χ4n) is 2.31. The van der Waals surface area contributed by atoms with Crippen molar-refractivity contribution in [2.45, 2.75) is 38.7 Å². The summed E-state index contributed by atoms with van der Waals surface area (Å²) < 4.78 is 11.2. The fourth-order valence-corrected chi connectivity index (χ4v) is 2.31. The Kier molecular flexibility index (Phi) is 4.80. The summed E-state index contributed by atoms with van der Waals surface area (Å²) >= 11 is 0. The van der Waals surface area contributed by atoms with Crippen molar-refractivity contribution in [1.82, 2.24) is 0 Å². The first kappa shape index (κ1) is 13.9. The van der Waals surface area contributed by atoms with Crippen LogP contribution in [0.1, 0.15) is 43.0 Å². The lowest BCUT2D eigenvalue weighted by molar-refractivity contribution is 0.0971. The molecular formula is C15H21NO3. The first-order valence-electron chi connectivity index (χ1n) is 6.81. The molecule has 0 aromatic heterocycles. The third-order valence-electron chi connectivity index (χ3n) is 3.33. The van der Waals surface area contributed by atoms with E-state index in [1.807, 2.05) is 0 Å². The van der Waals surface area contributed by atoms with Crippen molar-refractivity contribution in [1.29, 1.82) is 0 Å². The van der Waals surface area contributed by atoms with Crippen LogP contribution in [0.5, 0.6) is 5.75 Å². The van der Waals surface area contributed by atoms with Crippen LogP contribution in [0.2, 0.25) is 0 Å². The maximum absolute atomic E-state index is 11.5. The van der Waals surface area contributed by atoms with Gasteiger partial charge in [-0.1, -0.05) is 0 Å². The highest BCUT2D eigenvalue weighted by Crippen LogP contribution is 2.23. The van der Waals surface area contributed by atoms with Crippen LogP contribution in [0.15, 0.2) is 18.2 Å². The standard InChI is InChI=1S/C15H21NO3/c1-11(17)14-10-12(16)6-7-15(14)19-9-3-5-13-4-2-8-18-13/h6-7,10,13H,2-5,8-9,16H2,1H3. The molecular weight excluding hydrogens is 242 g/mol. The predicted octanol–water partition coefficient (Wildman–Crippen LogP) is 2.81. The average Bonchev–Trinajstić information content (AvgIpc) is 2.89. The molecule has 104 valence electrons. The van der Waals surface area contributed by atoms with Crippen molar-refractivity contribution < 1.29 is 14.3 Å². The van der Waals surface area contributed by atoms with Gasteiger partial charge in [0.25, 0.3) is 0 Å². The zero-order chi connectivity index (χ0) is 13.7. The molecule has 0 radical (unpaired) electrons. The number of hydrogen-bond donors (Lipinski definition) is 1. The molecule has 2 rings (SSSR count). The molecule has 1 atom stereocenters. The van der Waals surface area contributed by atoms with E-state index in [0.717, 1.165) is 32.3 Å². The minimum Gasteiger partial charge on any atom is -0.493 e. The molecule has 0 saturated carbocycles. The number of ketones is 1. The van der Waals surface area contributed by atoms with Crippen LogP contribution in [0, 0.1) is 0 Å². The summed E-state index contributed by atoms with van der Waals surface area (Å²) in [7, 11) is 0. The van der Waals surface area contributed by atoms with Gasteiger partial charge in [-0.15, -0.1) is 0 Å². The monoisotopic (exact) mass is 263 g/mol. The van der Waals surface area contributed by atoms with E-state index in [9.17, 15) is 4.79 Å². The number of rotatable bonds is 6. The molecule has 0 bridgehead atoms. The number of anilines is 1. The first-order chi connectivity index (χ1) is 9.16. The van der Waals surface area contributed by atoms with Gasteiger partial charge in [-0.25, -0.2) is 0 Å². The number of hydrogen-bond acceptors (Lipinski definition) is 4. The van der Waals surface area contributed by atoms with Gasteiger partial charge in [-0.05, 0) is 50.8 Å². The molecule has 1 saturated heterocycles. The Labute approximate surface area is 113 Å². The highest BCUT2D eigenvalue weighted by molar-refractivity contribution is 5.97. The number of carbonyl (C=O) groups excluding carboxylic acids is 1. The molecule has 1 aromatic carbocycles. The van der Waals surface area contributed by atoms with Crippen molar-refractivity contribution in [2.75, 3.05) is 18.9 Å². The topological polar surface area (TPSA) is 61.6 Å². The number of Topliss-reactive ketones (excluding diaryl/α,β-unsaturated/α-hetero) is 1. The van der Waals surface area contributed by atoms with E-state index >= 15 is 0 Å². The third-order valence-corrected chi connectivity index (χ3v) is 3.33. The summed E-state index contributed by atoms with van der Waals surface area (Å²) in [5.74, 6) is 0.593. The molecule has 19 heavy (non-hydrogen) atoms. The maximum atomic E-state index is 11.5. The Morgan fingerprint density at radius 2 is 2.37 bits per heavy atom. The zero-order valence-electron chi connectivity index (χ0n) is 11.4. The van der Waals surface area contributed by atoms with E-state index in [2.05, 4.69) is 0 Å². The summed E-state index contributed by atoms with van der Waals surface area (Å²) in [6.07, 6.45) is 4.66. The van der Waals surface area contributed by atoms with Crippen molar-refractivity contribution >= 4 is 11.5 Å². The Hall–Kier alpha value is -1.55. The van der Waals surface area contributed by atoms with Crippen LogP contribution < -0.4 is 10.5 Å². The number of nitrogens with two attached hydrogens (primary N) is 1. The van der Waals surface area contributed by atoms with Gasteiger partial charge in [0.1, 0.15) is 5.75 Å². The van der Waals surface area contributed by atoms with E-state index in [1.165, 1.54) is 6.92 Å². The van der Waals surface area contributed by atoms with Crippen LogP contribution in [0.3, 0.4) is 0 Å². The number of carbonyl (C=O) groups is 1. The third kappa shape index (κ3) is 3.96. The van der Waals surface area contributed by atoms with Crippen LogP contribution in [-0.2, 0) is 4.74 Å². The quantitative estimate of drug-likeness (QED) is 0.487. The Morgan fingerprint density at radius 1 is 1.53 bits per heavy atom. The minimum absolute atomic E-state index is 0.0265. The van der Waals surface area contributed by atoms with E-state index in [1.54, 1.807) is 18.2 Å². The smallest absolute Gasteiger partial charge is 0.163 e. The van der Waals surface area contributed by atoms with Crippen LogP contribution >= 0.6 is 0 Å². The van der Waals surface area contributed by atoms with Crippen LogP contribution in [0.4, 0.5) is 5.69 Å². The highest BCUT2D eigenvalue weighted by atomic mass is 16.5. The van der Waals surface area contributed by atoms with Gasteiger partial charge in [-0.2, -0.15) is 0 Å². The second kappa shape index (κ2) is 6.57. The molecule has 0 spiro atoms. The molecule has 1 aromatic rings. The van der Waals surface area contributed by atoms with Gasteiger partial charge in [0.2, 0.25) is 0 Å². The van der Waals surface area contributed by atoms with Gasteiger partial charge < -0.3 is 15.2 Å². The van der Waals surface area contributed by atoms with E-state index < -0.39 is 0 Å². The molecule has 1 heterocycles. The molecule has 1 fully saturated rings. The van der Waals surface area contributed by atoms with Gasteiger partial charge in [0, 0.05) is 12.3 Å². The fraction of sp³-hybridized carbons (Fsp3) is 0.533. The Balaban J connectivity index is 1.83. The van der Waals surface area contributed by atoms with Gasteiger partial charge in [0.15, 0.2) is 5.78 Å². The normalized spacial score (nSPS) is 18.5. The second-order valence-electron chi connectivity index (χ2n) is 4.94. The molecule has 1 unspecified atom stereocenters. The molecule has 0 aliphatic carbocycles. The average molecular weight is 263 g/mol. The Morgan fingerprint density at radius 3 is 3.05 bits per heavy atom. The lowest BCUT2D eigenvalue weighted by Gasteiger charge is -2.12. The molecule has 4 heteroatoms. The number of ether oxygens (including phenoxy) is 2. The van der Waals surface area contributed by atoms with Crippen LogP contribution in [0.25, 0.3) is 0 Å². The maximum Gasteiger partial charge on any atom is 0.163 e. The summed E-state index contributed by atoms with van der Waals surface area (Å²) in [5.41, 5.74) is 6.81. The van der Waals surface area contributed by atoms with Gasteiger partial charge >= 0.3 is 0 Å². The van der Waals surface area contributed by atoms with Gasteiger partial charge in [0.05, 0.1) is 18.3 Å². The first-order valence-corrected chi connectivity index (χ1v) is 6.81. The number of benzene rings is 1. The summed E-state index contributed by atoms with van der Waals surface area (Å²) in [5, 5.41) is 0. The zero-order valence-corrected chi connectivity index (χ0v) is 11.4. The Bertz CT molecular complexity index is 439. The highest BCUT2D eigenvalue weighted by Gasteiger charge is 2.15. The summed E-state index contributed by atoms with van der Waals surface area (Å²) in [6, 6.07) is 5.18. The van der Waals surface area contributed by atoms with Crippen molar-refractivity contribution in [3.8, 4) is 5.75 Å².